The highest BCUT2D eigenvalue weighted by Gasteiger charge is 2.16. The average molecular weight is 358 g/mol. The molecule has 0 spiro atoms. The van der Waals surface area contributed by atoms with Gasteiger partial charge in [0.1, 0.15) is 11.3 Å². The quantitative estimate of drug-likeness (QED) is 0.638. The van der Waals surface area contributed by atoms with Gasteiger partial charge in [-0.1, -0.05) is 41.9 Å². The van der Waals surface area contributed by atoms with E-state index in [4.69, 9.17) is 16.3 Å². The van der Waals surface area contributed by atoms with Crippen LogP contribution in [0, 0.1) is 0 Å². The van der Waals surface area contributed by atoms with E-state index in [1.54, 1.807) is 12.3 Å². The van der Waals surface area contributed by atoms with Crippen molar-refractivity contribution >= 4 is 40.2 Å². The lowest BCUT2D eigenvalue weighted by Gasteiger charge is -2.17. The molecule has 0 bridgehead atoms. The fourth-order valence-corrected chi connectivity index (χ4v) is 3.06. The molecule has 0 radical (unpaired) electrons. The smallest absolute Gasteiger partial charge is 0.186 e. The summed E-state index contributed by atoms with van der Waals surface area (Å²) in [5.74, 6) is 0.591. The molecular formula is C19H16ClNO2S. The Balaban J connectivity index is 1.85. The minimum Gasteiger partial charge on any atom is -0.491 e. The predicted octanol–water partition coefficient (Wildman–Crippen LogP) is 4.90. The van der Waals surface area contributed by atoms with Gasteiger partial charge < -0.3 is 4.74 Å². The third kappa shape index (κ3) is 3.89. The molecule has 0 fully saturated rings. The molecule has 1 aromatic heterocycles. The summed E-state index contributed by atoms with van der Waals surface area (Å²) in [5, 5.41) is 1.32. The maximum atomic E-state index is 11.5. The molecular weight excluding hydrogens is 342 g/mol. The number of rotatable bonds is 6. The SMILES string of the molecule is O=C(S)CC(COc1ccc(Cl)c2cccnc12)c1ccccc1. The van der Waals surface area contributed by atoms with Crippen molar-refractivity contribution in [1.82, 2.24) is 4.98 Å². The molecule has 3 aromatic rings. The number of hydrogen-bond donors (Lipinski definition) is 1. The maximum absolute atomic E-state index is 11.5. The van der Waals surface area contributed by atoms with E-state index in [-0.39, 0.29) is 11.0 Å². The summed E-state index contributed by atoms with van der Waals surface area (Å²) in [6.45, 7) is 0.365. The number of ether oxygens (including phenoxy) is 1. The third-order valence-corrected chi connectivity index (χ3v) is 4.32. The summed E-state index contributed by atoms with van der Waals surface area (Å²) in [4.78, 5) is 15.8. The molecule has 2 aromatic carbocycles. The van der Waals surface area contributed by atoms with Gasteiger partial charge in [0.2, 0.25) is 0 Å². The zero-order valence-corrected chi connectivity index (χ0v) is 14.5. The molecule has 24 heavy (non-hydrogen) atoms. The summed E-state index contributed by atoms with van der Waals surface area (Å²) < 4.78 is 5.98. The molecule has 0 N–H and O–H groups in total. The van der Waals surface area contributed by atoms with Crippen molar-refractivity contribution in [3.05, 3.63) is 71.4 Å². The van der Waals surface area contributed by atoms with Gasteiger partial charge in [-0.3, -0.25) is 9.78 Å². The van der Waals surface area contributed by atoms with Crippen molar-refractivity contribution in [2.45, 2.75) is 12.3 Å². The summed E-state index contributed by atoms with van der Waals surface area (Å²) in [7, 11) is 0. The highest BCUT2D eigenvalue weighted by molar-refractivity contribution is 7.96. The number of carbonyl (C=O) groups excluding carboxylic acids is 1. The number of fused-ring (bicyclic) bond motifs is 1. The van der Waals surface area contributed by atoms with Crippen LogP contribution in [0.4, 0.5) is 0 Å². The van der Waals surface area contributed by atoms with Gasteiger partial charge in [-0.05, 0) is 29.8 Å². The van der Waals surface area contributed by atoms with Crippen molar-refractivity contribution in [2.75, 3.05) is 6.61 Å². The van der Waals surface area contributed by atoms with E-state index >= 15 is 0 Å². The fraction of sp³-hybridized carbons (Fsp3) is 0.158. The van der Waals surface area contributed by atoms with Gasteiger partial charge >= 0.3 is 0 Å². The minimum absolute atomic E-state index is 0.0642. The number of hydrogen-bond acceptors (Lipinski definition) is 3. The minimum atomic E-state index is -0.161. The first-order chi connectivity index (χ1) is 11.6. The number of carbonyl (C=O) groups is 1. The van der Waals surface area contributed by atoms with E-state index < -0.39 is 0 Å². The van der Waals surface area contributed by atoms with E-state index in [1.807, 2.05) is 48.5 Å². The van der Waals surface area contributed by atoms with E-state index in [1.165, 1.54) is 0 Å². The highest BCUT2D eigenvalue weighted by atomic mass is 35.5. The lowest BCUT2D eigenvalue weighted by molar-refractivity contribution is -0.111. The first-order valence-electron chi connectivity index (χ1n) is 7.58. The van der Waals surface area contributed by atoms with E-state index in [0.29, 0.717) is 29.3 Å². The summed E-state index contributed by atoms with van der Waals surface area (Å²) in [6.07, 6.45) is 2.02. The third-order valence-electron chi connectivity index (χ3n) is 3.81. The summed E-state index contributed by atoms with van der Waals surface area (Å²) >= 11 is 10.1. The van der Waals surface area contributed by atoms with Gasteiger partial charge in [0.25, 0.3) is 0 Å². The van der Waals surface area contributed by atoms with Crippen molar-refractivity contribution in [3.8, 4) is 5.75 Å². The van der Waals surface area contributed by atoms with Crippen molar-refractivity contribution < 1.29 is 9.53 Å². The van der Waals surface area contributed by atoms with Crippen molar-refractivity contribution in [3.63, 3.8) is 0 Å². The number of benzene rings is 2. The second kappa shape index (κ2) is 7.69. The molecule has 3 nitrogen and oxygen atoms in total. The molecule has 0 amide bonds. The Hall–Kier alpha value is -2.04. The Kier molecular flexibility index (Phi) is 5.38. The van der Waals surface area contributed by atoms with Gasteiger partial charge in [-0.2, -0.15) is 0 Å². The normalized spacial score (nSPS) is 12.1. The topological polar surface area (TPSA) is 39.2 Å². The number of aromatic nitrogens is 1. The van der Waals surface area contributed by atoms with E-state index in [2.05, 4.69) is 17.6 Å². The van der Waals surface area contributed by atoms with E-state index in [9.17, 15) is 4.79 Å². The molecule has 3 rings (SSSR count). The van der Waals surface area contributed by atoms with Crippen molar-refractivity contribution in [2.24, 2.45) is 0 Å². The Morgan fingerprint density at radius 2 is 1.92 bits per heavy atom. The van der Waals surface area contributed by atoms with Gasteiger partial charge in [0.05, 0.1) is 11.6 Å². The molecule has 122 valence electrons. The predicted molar refractivity (Wildman–Crippen MR) is 100 cm³/mol. The molecule has 5 heteroatoms. The Labute approximate surface area is 151 Å². The largest absolute Gasteiger partial charge is 0.491 e. The molecule has 1 heterocycles. The number of thiol groups is 1. The van der Waals surface area contributed by atoms with Gasteiger partial charge in [0.15, 0.2) is 5.12 Å². The Morgan fingerprint density at radius 3 is 2.67 bits per heavy atom. The highest BCUT2D eigenvalue weighted by Crippen LogP contribution is 2.31. The molecule has 1 unspecified atom stereocenters. The monoisotopic (exact) mass is 357 g/mol. The van der Waals surface area contributed by atoms with Crippen LogP contribution in [0.5, 0.6) is 5.75 Å². The van der Waals surface area contributed by atoms with Crippen LogP contribution in [0.25, 0.3) is 10.9 Å². The first-order valence-corrected chi connectivity index (χ1v) is 8.40. The average Bonchev–Trinajstić information content (AvgIpc) is 2.61. The van der Waals surface area contributed by atoms with Crippen LogP contribution in [0.15, 0.2) is 60.8 Å². The van der Waals surface area contributed by atoms with Crippen LogP contribution in [-0.4, -0.2) is 16.7 Å². The van der Waals surface area contributed by atoms with Crippen LogP contribution < -0.4 is 4.74 Å². The molecule has 1 atom stereocenters. The van der Waals surface area contributed by atoms with Crippen LogP contribution in [0.3, 0.4) is 0 Å². The van der Waals surface area contributed by atoms with Crippen LogP contribution >= 0.6 is 24.2 Å². The molecule has 0 saturated heterocycles. The van der Waals surface area contributed by atoms with Crippen LogP contribution in [0.1, 0.15) is 17.9 Å². The van der Waals surface area contributed by atoms with Crippen molar-refractivity contribution in [1.29, 1.82) is 0 Å². The van der Waals surface area contributed by atoms with Crippen LogP contribution in [-0.2, 0) is 4.79 Å². The number of halogens is 1. The molecule has 0 aliphatic heterocycles. The Bertz CT molecular complexity index is 854. The lowest BCUT2D eigenvalue weighted by Crippen LogP contribution is -2.13. The standard InChI is InChI=1S/C19H16ClNO2S/c20-16-8-9-17(19-15(16)7-4-10-21-19)23-12-14(11-18(22)24)13-5-2-1-3-6-13/h1-10,14H,11-12H2,(H,22,24). The second-order valence-corrected chi connectivity index (χ2v) is 6.37. The van der Waals surface area contributed by atoms with Gasteiger partial charge in [-0.15, -0.1) is 12.6 Å². The van der Waals surface area contributed by atoms with Crippen LogP contribution in [0.2, 0.25) is 5.02 Å². The number of pyridine rings is 1. The molecule has 0 aliphatic carbocycles. The molecule has 0 aliphatic rings. The molecule has 0 saturated carbocycles. The zero-order valence-electron chi connectivity index (χ0n) is 12.9. The first kappa shape index (κ1) is 16.8. The second-order valence-electron chi connectivity index (χ2n) is 5.46. The lowest BCUT2D eigenvalue weighted by atomic mass is 9.97. The van der Waals surface area contributed by atoms with Gasteiger partial charge in [-0.25, -0.2) is 0 Å². The number of nitrogens with zero attached hydrogens (tertiary/aromatic N) is 1. The summed E-state index contributed by atoms with van der Waals surface area (Å²) in [5.41, 5.74) is 1.76. The Morgan fingerprint density at radius 1 is 1.12 bits per heavy atom. The van der Waals surface area contributed by atoms with Gasteiger partial charge in [0, 0.05) is 23.9 Å². The fourth-order valence-electron chi connectivity index (χ4n) is 2.63. The summed E-state index contributed by atoms with van der Waals surface area (Å²) in [6, 6.07) is 17.2. The van der Waals surface area contributed by atoms with E-state index in [0.717, 1.165) is 10.9 Å². The maximum Gasteiger partial charge on any atom is 0.186 e. The zero-order chi connectivity index (χ0) is 16.9.